The molecule has 220 valence electrons. The lowest BCUT2D eigenvalue weighted by atomic mass is 9.96. The molecule has 1 saturated carbocycles. The summed E-state index contributed by atoms with van der Waals surface area (Å²) >= 11 is 0. The number of carbonyl (C=O) groups is 1. The van der Waals surface area contributed by atoms with E-state index in [4.69, 9.17) is 9.72 Å². The van der Waals surface area contributed by atoms with E-state index in [0.29, 0.717) is 36.9 Å². The molecule has 0 unspecified atom stereocenters. The van der Waals surface area contributed by atoms with Crippen molar-refractivity contribution < 1.29 is 26.7 Å². The highest BCUT2D eigenvalue weighted by Crippen LogP contribution is 2.59. The topological polar surface area (TPSA) is 106 Å². The van der Waals surface area contributed by atoms with Crippen LogP contribution in [0.25, 0.3) is 5.82 Å². The summed E-state index contributed by atoms with van der Waals surface area (Å²) < 4.78 is 62.9. The number of nitrogens with zero attached hydrogens (tertiary/aromatic N) is 4. The van der Waals surface area contributed by atoms with E-state index in [1.54, 1.807) is 36.5 Å². The lowest BCUT2D eigenvalue weighted by Gasteiger charge is -2.34. The minimum atomic E-state index is -4.10. The number of alkyl halides is 2. The average Bonchev–Trinajstić information content (AvgIpc) is 3.47. The first-order chi connectivity index (χ1) is 19.2. The van der Waals surface area contributed by atoms with Crippen molar-refractivity contribution in [2.75, 3.05) is 18.1 Å². The van der Waals surface area contributed by atoms with Crippen LogP contribution in [0, 0.1) is 11.3 Å². The normalized spacial score (nSPS) is 19.7. The first-order valence-corrected chi connectivity index (χ1v) is 15.2. The summed E-state index contributed by atoms with van der Waals surface area (Å²) in [5.74, 6) is -2.19. The molecule has 5 rings (SSSR count). The molecule has 0 bridgehead atoms. The minimum Gasteiger partial charge on any atom is -0.477 e. The number of rotatable bonds is 10. The van der Waals surface area contributed by atoms with Crippen molar-refractivity contribution in [2.24, 2.45) is 11.3 Å². The van der Waals surface area contributed by atoms with Gasteiger partial charge in [0.1, 0.15) is 5.82 Å². The molecule has 2 aromatic heterocycles. The van der Waals surface area contributed by atoms with Gasteiger partial charge >= 0.3 is 0 Å². The molecule has 1 saturated heterocycles. The highest BCUT2D eigenvalue weighted by Gasteiger charge is 2.58. The van der Waals surface area contributed by atoms with Crippen LogP contribution in [-0.4, -0.2) is 53.7 Å². The molecule has 3 aromatic rings. The van der Waals surface area contributed by atoms with Crippen LogP contribution in [0.5, 0.6) is 5.88 Å². The molecular formula is C29H35F2N5O4S. The molecule has 1 aliphatic heterocycles. The number of nitrogens with one attached hydrogen (secondary N) is 1. The van der Waals surface area contributed by atoms with Gasteiger partial charge in [0.05, 0.1) is 17.1 Å². The van der Waals surface area contributed by atoms with Gasteiger partial charge in [-0.2, -0.15) is 0 Å². The van der Waals surface area contributed by atoms with Crippen LogP contribution >= 0.6 is 0 Å². The molecule has 1 aromatic carbocycles. The number of halogens is 2. The standard InChI is InChI=1S/C29H35F2N5O4S/c1-20-18-27(2,3)35(19-20)25-22(26(37)34-41(38,39)21-8-6-5-7-9-21)10-11-23(32-25)36-16-12-24(33-36)40-17-15-29(13-14-29)28(4,30)31/h5-12,16,20H,13-15,17-19H2,1-4H3,(H,34,37)/t20-/m1/s1. The zero-order valence-electron chi connectivity index (χ0n) is 23.6. The number of carbonyl (C=O) groups excluding carboxylic acids is 1. The van der Waals surface area contributed by atoms with Crippen LogP contribution in [-0.2, 0) is 10.0 Å². The van der Waals surface area contributed by atoms with Gasteiger partial charge < -0.3 is 9.64 Å². The van der Waals surface area contributed by atoms with E-state index < -0.39 is 27.3 Å². The molecule has 1 N–H and O–H groups in total. The second-order valence-electron chi connectivity index (χ2n) is 11.9. The number of amides is 1. The summed E-state index contributed by atoms with van der Waals surface area (Å²) in [7, 11) is -4.10. The Morgan fingerprint density at radius 2 is 1.85 bits per heavy atom. The smallest absolute Gasteiger partial charge is 0.268 e. The zero-order valence-corrected chi connectivity index (χ0v) is 24.4. The summed E-state index contributed by atoms with van der Waals surface area (Å²) in [6.07, 6.45) is 3.71. The van der Waals surface area contributed by atoms with E-state index in [1.165, 1.54) is 22.9 Å². The van der Waals surface area contributed by atoms with Crippen LogP contribution in [0.1, 0.15) is 63.7 Å². The Bertz CT molecular complexity index is 1530. The number of benzene rings is 1. The highest BCUT2D eigenvalue weighted by molar-refractivity contribution is 7.90. The molecule has 9 nitrogen and oxygen atoms in total. The molecule has 12 heteroatoms. The van der Waals surface area contributed by atoms with E-state index in [9.17, 15) is 22.0 Å². The molecule has 1 amide bonds. The molecule has 3 heterocycles. The molecule has 41 heavy (non-hydrogen) atoms. The van der Waals surface area contributed by atoms with E-state index in [-0.39, 0.29) is 34.9 Å². The van der Waals surface area contributed by atoms with Gasteiger partial charge in [-0.05, 0) is 76.6 Å². The van der Waals surface area contributed by atoms with Crippen molar-refractivity contribution in [3.05, 3.63) is 60.3 Å². The van der Waals surface area contributed by atoms with Crippen LogP contribution in [0.2, 0.25) is 0 Å². The Hall–Kier alpha value is -3.54. The molecule has 2 fully saturated rings. The van der Waals surface area contributed by atoms with Crippen molar-refractivity contribution in [1.82, 2.24) is 19.5 Å². The summed E-state index contributed by atoms with van der Waals surface area (Å²) in [6.45, 7) is 7.93. The van der Waals surface area contributed by atoms with Gasteiger partial charge in [-0.1, -0.05) is 25.1 Å². The third-order valence-corrected chi connectivity index (χ3v) is 9.48. The van der Waals surface area contributed by atoms with Crippen molar-refractivity contribution >= 4 is 21.7 Å². The third-order valence-electron chi connectivity index (χ3n) is 8.13. The van der Waals surface area contributed by atoms with Crippen molar-refractivity contribution in [3.63, 3.8) is 0 Å². The number of hydrogen-bond acceptors (Lipinski definition) is 7. The van der Waals surface area contributed by atoms with Gasteiger partial charge in [-0.25, -0.2) is 31.6 Å². The van der Waals surface area contributed by atoms with E-state index in [0.717, 1.165) is 13.3 Å². The van der Waals surface area contributed by atoms with Crippen molar-refractivity contribution in [3.8, 4) is 11.7 Å². The second kappa shape index (κ2) is 10.4. The average molecular weight is 588 g/mol. The highest BCUT2D eigenvalue weighted by atomic mass is 32.2. The predicted octanol–water partition coefficient (Wildman–Crippen LogP) is 5.22. The lowest BCUT2D eigenvalue weighted by Crippen LogP contribution is -2.41. The minimum absolute atomic E-state index is 0.0195. The maximum Gasteiger partial charge on any atom is 0.268 e. The van der Waals surface area contributed by atoms with Gasteiger partial charge in [0.15, 0.2) is 5.82 Å². The van der Waals surface area contributed by atoms with Crippen LogP contribution in [0.3, 0.4) is 0 Å². The summed E-state index contributed by atoms with van der Waals surface area (Å²) in [6, 6.07) is 12.4. The Morgan fingerprint density at radius 3 is 2.46 bits per heavy atom. The van der Waals surface area contributed by atoms with Crippen LogP contribution in [0.15, 0.2) is 59.6 Å². The molecular weight excluding hydrogens is 552 g/mol. The summed E-state index contributed by atoms with van der Waals surface area (Å²) in [5.41, 5.74) is -1.21. The third kappa shape index (κ3) is 5.93. The number of hydrogen-bond donors (Lipinski definition) is 1. The Kier molecular flexibility index (Phi) is 7.33. The molecule has 0 radical (unpaired) electrons. The van der Waals surface area contributed by atoms with E-state index >= 15 is 0 Å². The lowest BCUT2D eigenvalue weighted by molar-refractivity contribution is -0.0618. The fourth-order valence-electron chi connectivity index (χ4n) is 5.67. The second-order valence-corrected chi connectivity index (χ2v) is 13.6. The van der Waals surface area contributed by atoms with E-state index in [2.05, 4.69) is 30.6 Å². The first-order valence-electron chi connectivity index (χ1n) is 13.7. The van der Waals surface area contributed by atoms with Crippen molar-refractivity contribution in [2.45, 2.75) is 69.7 Å². The maximum atomic E-state index is 13.9. The van der Waals surface area contributed by atoms with Crippen LogP contribution < -0.4 is 14.4 Å². The Morgan fingerprint density at radius 1 is 1.15 bits per heavy atom. The number of pyridine rings is 1. The van der Waals surface area contributed by atoms with E-state index in [1.807, 2.05) is 4.90 Å². The number of ether oxygens (including phenoxy) is 1. The van der Waals surface area contributed by atoms with Gasteiger partial charge in [-0.3, -0.25) is 4.79 Å². The molecule has 2 aliphatic rings. The quantitative estimate of drug-likeness (QED) is 0.347. The number of aromatic nitrogens is 3. The first kappa shape index (κ1) is 29.0. The van der Waals surface area contributed by atoms with Gasteiger partial charge in [-0.15, -0.1) is 5.10 Å². The zero-order chi connectivity index (χ0) is 29.6. The predicted molar refractivity (Wildman–Crippen MR) is 150 cm³/mol. The monoisotopic (exact) mass is 587 g/mol. The fraction of sp³-hybridized carbons (Fsp3) is 0.483. The number of sulfonamides is 1. The summed E-state index contributed by atoms with van der Waals surface area (Å²) in [5, 5.41) is 4.40. The van der Waals surface area contributed by atoms with Gasteiger partial charge in [0.25, 0.3) is 21.9 Å². The Balaban J connectivity index is 1.40. The molecule has 1 atom stereocenters. The molecule has 1 aliphatic carbocycles. The number of anilines is 1. The van der Waals surface area contributed by atoms with Crippen LogP contribution in [0.4, 0.5) is 14.6 Å². The molecule has 0 spiro atoms. The summed E-state index contributed by atoms with van der Waals surface area (Å²) in [4.78, 5) is 20.1. The SMILES string of the molecule is C[C@H]1CN(c2nc(-n3ccc(OCCC4(C(C)(F)F)CC4)n3)ccc2C(=O)NS(=O)(=O)c2ccccc2)C(C)(C)C1. The Labute approximate surface area is 239 Å². The fourth-order valence-corrected chi connectivity index (χ4v) is 6.65. The van der Waals surface area contributed by atoms with Gasteiger partial charge in [0.2, 0.25) is 5.88 Å². The largest absolute Gasteiger partial charge is 0.477 e. The van der Waals surface area contributed by atoms with Gasteiger partial charge in [0, 0.05) is 29.8 Å². The maximum absolute atomic E-state index is 13.9. The van der Waals surface area contributed by atoms with Crippen molar-refractivity contribution in [1.29, 1.82) is 0 Å².